The molecule has 0 aromatic heterocycles. The molecule has 0 atom stereocenters. The van der Waals surface area contributed by atoms with E-state index in [0.29, 0.717) is 11.5 Å². The second-order valence-corrected chi connectivity index (χ2v) is 5.90. The normalized spacial score (nSPS) is 10.8. The molecule has 0 saturated carbocycles. The maximum atomic E-state index is 10.7. The van der Waals surface area contributed by atoms with E-state index in [-0.39, 0.29) is 0 Å². The summed E-state index contributed by atoms with van der Waals surface area (Å²) in [6.07, 6.45) is 0. The zero-order valence-electron chi connectivity index (χ0n) is 9.37. The maximum Gasteiger partial charge on any atom is 0.335 e. The molecule has 1 aromatic rings. The zero-order chi connectivity index (χ0) is 12.1. The van der Waals surface area contributed by atoms with E-state index in [1.165, 1.54) is 0 Å². The summed E-state index contributed by atoms with van der Waals surface area (Å²) in [5.74, 6) is 1.83. The summed E-state index contributed by atoms with van der Waals surface area (Å²) in [4.78, 5) is 10.7. The molecule has 0 radical (unpaired) electrons. The summed E-state index contributed by atoms with van der Waals surface area (Å²) >= 11 is 5.27. The van der Waals surface area contributed by atoms with Crippen molar-refractivity contribution in [3.05, 3.63) is 33.8 Å². The van der Waals surface area contributed by atoms with E-state index < -0.39 is 5.97 Å². The van der Waals surface area contributed by atoms with Gasteiger partial charge in [-0.2, -0.15) is 11.8 Å². The van der Waals surface area contributed by atoms with E-state index in [2.05, 4.69) is 29.8 Å². The molecular weight excluding hydrogens is 288 g/mol. The SMILES string of the molecule is CC(C)CSCc1ccc(C(=O)O)cc1Br. The highest BCUT2D eigenvalue weighted by atomic mass is 79.9. The Morgan fingerprint density at radius 3 is 2.69 bits per heavy atom. The smallest absolute Gasteiger partial charge is 0.335 e. The van der Waals surface area contributed by atoms with Crippen LogP contribution in [0.4, 0.5) is 0 Å². The van der Waals surface area contributed by atoms with E-state index in [1.54, 1.807) is 12.1 Å². The summed E-state index contributed by atoms with van der Waals surface area (Å²) in [5.41, 5.74) is 1.47. The van der Waals surface area contributed by atoms with Gasteiger partial charge in [0.1, 0.15) is 0 Å². The van der Waals surface area contributed by atoms with Crippen LogP contribution in [0.15, 0.2) is 22.7 Å². The van der Waals surface area contributed by atoms with Gasteiger partial charge in [0.25, 0.3) is 0 Å². The molecule has 88 valence electrons. The van der Waals surface area contributed by atoms with Gasteiger partial charge in [-0.1, -0.05) is 35.8 Å². The Kier molecular flexibility index (Phi) is 5.35. The lowest BCUT2D eigenvalue weighted by molar-refractivity contribution is 0.0697. The molecule has 0 heterocycles. The third-order valence-electron chi connectivity index (χ3n) is 2.01. The van der Waals surface area contributed by atoms with Gasteiger partial charge >= 0.3 is 5.97 Å². The van der Waals surface area contributed by atoms with Crippen molar-refractivity contribution in [1.29, 1.82) is 0 Å². The fraction of sp³-hybridized carbons (Fsp3) is 0.417. The highest BCUT2D eigenvalue weighted by Gasteiger charge is 2.06. The fourth-order valence-electron chi connectivity index (χ4n) is 1.20. The lowest BCUT2D eigenvalue weighted by Gasteiger charge is -2.07. The van der Waals surface area contributed by atoms with Crippen LogP contribution in [0.25, 0.3) is 0 Å². The molecule has 0 bridgehead atoms. The van der Waals surface area contributed by atoms with Crippen LogP contribution in [0, 0.1) is 5.92 Å². The molecule has 0 spiro atoms. The van der Waals surface area contributed by atoms with Crippen molar-refractivity contribution in [2.24, 2.45) is 5.92 Å². The van der Waals surface area contributed by atoms with E-state index in [1.807, 2.05) is 17.8 Å². The molecule has 1 rings (SSSR count). The number of benzene rings is 1. The minimum atomic E-state index is -0.887. The van der Waals surface area contributed by atoms with Crippen molar-refractivity contribution in [2.75, 3.05) is 5.75 Å². The highest BCUT2D eigenvalue weighted by molar-refractivity contribution is 9.10. The number of aromatic carboxylic acids is 1. The quantitative estimate of drug-likeness (QED) is 0.892. The number of hydrogen-bond acceptors (Lipinski definition) is 2. The Balaban J connectivity index is 2.64. The van der Waals surface area contributed by atoms with Crippen molar-refractivity contribution >= 4 is 33.7 Å². The lowest BCUT2D eigenvalue weighted by atomic mass is 10.1. The Morgan fingerprint density at radius 1 is 1.50 bits per heavy atom. The zero-order valence-corrected chi connectivity index (χ0v) is 11.8. The van der Waals surface area contributed by atoms with Crippen molar-refractivity contribution in [3.63, 3.8) is 0 Å². The maximum absolute atomic E-state index is 10.7. The van der Waals surface area contributed by atoms with Gasteiger partial charge < -0.3 is 5.11 Å². The van der Waals surface area contributed by atoms with Crippen molar-refractivity contribution in [3.8, 4) is 0 Å². The fourth-order valence-corrected chi connectivity index (χ4v) is 2.97. The molecule has 2 nitrogen and oxygen atoms in total. The number of hydrogen-bond donors (Lipinski definition) is 1. The monoisotopic (exact) mass is 302 g/mol. The molecule has 1 aromatic carbocycles. The number of carboxylic acids is 1. The molecule has 0 saturated heterocycles. The average molecular weight is 303 g/mol. The Hall–Kier alpha value is -0.480. The first-order chi connectivity index (χ1) is 7.50. The van der Waals surface area contributed by atoms with Crippen LogP contribution in [0.3, 0.4) is 0 Å². The van der Waals surface area contributed by atoms with E-state index in [4.69, 9.17) is 5.11 Å². The third-order valence-corrected chi connectivity index (χ3v) is 4.16. The highest BCUT2D eigenvalue weighted by Crippen LogP contribution is 2.24. The number of carbonyl (C=O) groups is 1. The third kappa shape index (κ3) is 4.18. The van der Waals surface area contributed by atoms with Gasteiger partial charge in [-0.25, -0.2) is 4.79 Å². The second-order valence-electron chi connectivity index (χ2n) is 4.02. The first-order valence-electron chi connectivity index (χ1n) is 5.10. The Bertz CT molecular complexity index is 377. The molecule has 4 heteroatoms. The molecule has 0 fully saturated rings. The van der Waals surface area contributed by atoms with Crippen molar-refractivity contribution in [2.45, 2.75) is 19.6 Å². The summed E-state index contributed by atoms with van der Waals surface area (Å²) in [6, 6.07) is 5.19. The summed E-state index contributed by atoms with van der Waals surface area (Å²) in [7, 11) is 0. The van der Waals surface area contributed by atoms with Gasteiger partial charge in [-0.15, -0.1) is 0 Å². The van der Waals surface area contributed by atoms with E-state index in [0.717, 1.165) is 21.5 Å². The first-order valence-corrected chi connectivity index (χ1v) is 7.05. The number of carboxylic acid groups (broad SMARTS) is 1. The van der Waals surface area contributed by atoms with Crippen LogP contribution in [-0.2, 0) is 5.75 Å². The summed E-state index contributed by atoms with van der Waals surface area (Å²) < 4.78 is 0.878. The standard InChI is InChI=1S/C12H15BrO2S/c1-8(2)6-16-7-10-4-3-9(12(14)15)5-11(10)13/h3-5,8H,6-7H2,1-2H3,(H,14,15). The van der Waals surface area contributed by atoms with Crippen molar-refractivity contribution in [1.82, 2.24) is 0 Å². The summed E-state index contributed by atoms with van der Waals surface area (Å²) in [5, 5.41) is 8.82. The summed E-state index contributed by atoms with van der Waals surface area (Å²) in [6.45, 7) is 4.38. The Labute approximate surface area is 109 Å². The van der Waals surface area contributed by atoms with Gasteiger partial charge in [0, 0.05) is 10.2 Å². The number of halogens is 1. The molecular formula is C12H15BrO2S. The largest absolute Gasteiger partial charge is 0.478 e. The molecule has 1 N–H and O–H groups in total. The van der Waals surface area contributed by atoms with Crippen LogP contribution < -0.4 is 0 Å². The molecule has 0 amide bonds. The van der Waals surface area contributed by atoms with Crippen LogP contribution in [-0.4, -0.2) is 16.8 Å². The molecule has 0 aliphatic rings. The van der Waals surface area contributed by atoms with Gasteiger partial charge in [0.15, 0.2) is 0 Å². The number of rotatable bonds is 5. The number of thioether (sulfide) groups is 1. The van der Waals surface area contributed by atoms with Crippen molar-refractivity contribution < 1.29 is 9.90 Å². The van der Waals surface area contributed by atoms with Gasteiger partial charge in [-0.05, 0) is 29.4 Å². The minimum absolute atomic E-state index is 0.324. The second kappa shape index (κ2) is 6.30. The van der Waals surface area contributed by atoms with Gasteiger partial charge in [-0.3, -0.25) is 0 Å². The Morgan fingerprint density at radius 2 is 2.19 bits per heavy atom. The minimum Gasteiger partial charge on any atom is -0.478 e. The van der Waals surface area contributed by atoms with Crippen LogP contribution in [0.2, 0.25) is 0 Å². The average Bonchev–Trinajstić information content (AvgIpc) is 2.19. The van der Waals surface area contributed by atoms with Gasteiger partial charge in [0.2, 0.25) is 0 Å². The van der Waals surface area contributed by atoms with Crippen LogP contribution in [0.1, 0.15) is 29.8 Å². The predicted molar refractivity (Wildman–Crippen MR) is 72.1 cm³/mol. The van der Waals surface area contributed by atoms with Crippen LogP contribution in [0.5, 0.6) is 0 Å². The molecule has 0 aliphatic carbocycles. The van der Waals surface area contributed by atoms with E-state index >= 15 is 0 Å². The first kappa shape index (κ1) is 13.6. The lowest BCUT2D eigenvalue weighted by Crippen LogP contribution is -1.97. The van der Waals surface area contributed by atoms with Gasteiger partial charge in [0.05, 0.1) is 5.56 Å². The molecule has 0 unspecified atom stereocenters. The predicted octanol–water partition coefficient (Wildman–Crippen LogP) is 4.04. The molecule has 16 heavy (non-hydrogen) atoms. The molecule has 0 aliphatic heterocycles. The van der Waals surface area contributed by atoms with E-state index in [9.17, 15) is 4.79 Å². The van der Waals surface area contributed by atoms with Crippen LogP contribution >= 0.6 is 27.7 Å². The topological polar surface area (TPSA) is 37.3 Å².